The van der Waals surface area contributed by atoms with E-state index in [1.807, 2.05) is 31.3 Å². The quantitative estimate of drug-likeness (QED) is 0.700. The molecule has 78 valence electrons. The molecule has 1 rings (SSSR count). The number of hydrogen-bond donors (Lipinski definition) is 1. The second-order valence-corrected chi connectivity index (χ2v) is 3.33. The lowest BCUT2D eigenvalue weighted by molar-refractivity contribution is 0.306. The van der Waals surface area contributed by atoms with Gasteiger partial charge < -0.3 is 10.1 Å². The van der Waals surface area contributed by atoms with Crippen molar-refractivity contribution < 1.29 is 4.74 Å². The van der Waals surface area contributed by atoms with Gasteiger partial charge in [-0.2, -0.15) is 0 Å². The SMILES string of the molecule is CCCCCOc1cccc(NC)c1. The second kappa shape index (κ2) is 6.30. The molecule has 14 heavy (non-hydrogen) atoms. The van der Waals surface area contributed by atoms with Crippen molar-refractivity contribution >= 4 is 5.69 Å². The first kappa shape index (κ1) is 10.9. The average Bonchev–Trinajstić information content (AvgIpc) is 2.25. The van der Waals surface area contributed by atoms with Gasteiger partial charge in [0.15, 0.2) is 0 Å². The van der Waals surface area contributed by atoms with Gasteiger partial charge in [-0.1, -0.05) is 25.8 Å². The highest BCUT2D eigenvalue weighted by molar-refractivity contribution is 5.47. The number of nitrogens with one attached hydrogen (secondary N) is 1. The zero-order valence-corrected chi connectivity index (χ0v) is 9.05. The van der Waals surface area contributed by atoms with Crippen molar-refractivity contribution in [2.24, 2.45) is 0 Å². The Kier molecular flexibility index (Phi) is 4.90. The van der Waals surface area contributed by atoms with Crippen LogP contribution in [0.5, 0.6) is 5.75 Å². The van der Waals surface area contributed by atoms with Crippen molar-refractivity contribution in [1.82, 2.24) is 0 Å². The molecule has 0 aromatic heterocycles. The summed E-state index contributed by atoms with van der Waals surface area (Å²) in [5, 5.41) is 3.09. The van der Waals surface area contributed by atoms with Crippen LogP contribution in [0.3, 0.4) is 0 Å². The van der Waals surface area contributed by atoms with E-state index < -0.39 is 0 Å². The van der Waals surface area contributed by atoms with E-state index in [1.165, 1.54) is 12.8 Å². The van der Waals surface area contributed by atoms with E-state index in [0.29, 0.717) is 0 Å². The molecule has 0 radical (unpaired) electrons. The van der Waals surface area contributed by atoms with Gasteiger partial charge in [0.05, 0.1) is 6.61 Å². The molecule has 0 unspecified atom stereocenters. The minimum Gasteiger partial charge on any atom is -0.494 e. The van der Waals surface area contributed by atoms with Crippen LogP contribution in [0.15, 0.2) is 24.3 Å². The molecule has 0 aliphatic heterocycles. The lowest BCUT2D eigenvalue weighted by Crippen LogP contribution is -1.97. The summed E-state index contributed by atoms with van der Waals surface area (Å²) in [7, 11) is 1.91. The van der Waals surface area contributed by atoms with Crippen LogP contribution >= 0.6 is 0 Å². The fourth-order valence-electron chi connectivity index (χ4n) is 1.28. The summed E-state index contributed by atoms with van der Waals surface area (Å²) in [6, 6.07) is 8.04. The zero-order chi connectivity index (χ0) is 10.2. The number of benzene rings is 1. The Bertz CT molecular complexity index is 260. The van der Waals surface area contributed by atoms with Crippen LogP contribution in [0.1, 0.15) is 26.2 Å². The van der Waals surface area contributed by atoms with E-state index in [-0.39, 0.29) is 0 Å². The monoisotopic (exact) mass is 193 g/mol. The summed E-state index contributed by atoms with van der Waals surface area (Å²) in [6.07, 6.45) is 3.62. The number of anilines is 1. The van der Waals surface area contributed by atoms with Gasteiger partial charge in [-0.15, -0.1) is 0 Å². The van der Waals surface area contributed by atoms with Crippen LogP contribution in [0, 0.1) is 0 Å². The predicted octanol–water partition coefficient (Wildman–Crippen LogP) is 3.30. The topological polar surface area (TPSA) is 21.3 Å². The highest BCUT2D eigenvalue weighted by Crippen LogP contribution is 2.16. The van der Waals surface area contributed by atoms with E-state index >= 15 is 0 Å². The smallest absolute Gasteiger partial charge is 0.121 e. The lowest BCUT2D eigenvalue weighted by atomic mass is 10.2. The minimum absolute atomic E-state index is 0.820. The third kappa shape index (κ3) is 3.69. The Balaban J connectivity index is 2.34. The summed E-state index contributed by atoms with van der Waals surface area (Å²) in [6.45, 7) is 3.02. The molecular weight excluding hydrogens is 174 g/mol. The number of hydrogen-bond acceptors (Lipinski definition) is 2. The number of unbranched alkanes of at least 4 members (excludes halogenated alkanes) is 2. The Hall–Kier alpha value is -1.18. The molecule has 0 aliphatic rings. The second-order valence-electron chi connectivity index (χ2n) is 3.33. The van der Waals surface area contributed by atoms with Crippen molar-refractivity contribution in [3.63, 3.8) is 0 Å². The molecule has 2 heteroatoms. The molecule has 0 bridgehead atoms. The molecule has 0 heterocycles. The molecule has 0 saturated heterocycles. The molecule has 1 aromatic rings. The van der Waals surface area contributed by atoms with Crippen molar-refractivity contribution in [1.29, 1.82) is 0 Å². The van der Waals surface area contributed by atoms with Crippen molar-refractivity contribution in [3.8, 4) is 5.75 Å². The Morgan fingerprint density at radius 3 is 2.86 bits per heavy atom. The molecule has 0 fully saturated rings. The van der Waals surface area contributed by atoms with E-state index in [9.17, 15) is 0 Å². The maximum atomic E-state index is 5.61. The lowest BCUT2D eigenvalue weighted by Gasteiger charge is -2.07. The summed E-state index contributed by atoms with van der Waals surface area (Å²) >= 11 is 0. The molecule has 1 aromatic carbocycles. The first-order valence-corrected chi connectivity index (χ1v) is 5.27. The van der Waals surface area contributed by atoms with E-state index in [0.717, 1.165) is 24.5 Å². The summed E-state index contributed by atoms with van der Waals surface area (Å²) in [4.78, 5) is 0. The highest BCUT2D eigenvalue weighted by atomic mass is 16.5. The molecule has 2 nitrogen and oxygen atoms in total. The highest BCUT2D eigenvalue weighted by Gasteiger charge is 1.94. The maximum absolute atomic E-state index is 5.61. The standard InChI is InChI=1S/C12H19NO/c1-3-4-5-9-14-12-8-6-7-11(10-12)13-2/h6-8,10,13H,3-5,9H2,1-2H3. The maximum Gasteiger partial charge on any atom is 0.121 e. The van der Waals surface area contributed by atoms with Gasteiger partial charge in [0.2, 0.25) is 0 Å². The van der Waals surface area contributed by atoms with Gasteiger partial charge >= 0.3 is 0 Å². The van der Waals surface area contributed by atoms with Gasteiger partial charge in [-0.25, -0.2) is 0 Å². The van der Waals surface area contributed by atoms with E-state index in [2.05, 4.69) is 12.2 Å². The van der Waals surface area contributed by atoms with E-state index in [4.69, 9.17) is 4.74 Å². The van der Waals surface area contributed by atoms with Crippen LogP contribution in [0.2, 0.25) is 0 Å². The van der Waals surface area contributed by atoms with Gasteiger partial charge in [0.25, 0.3) is 0 Å². The fraction of sp³-hybridized carbons (Fsp3) is 0.500. The Morgan fingerprint density at radius 2 is 2.14 bits per heavy atom. The average molecular weight is 193 g/mol. The fourth-order valence-corrected chi connectivity index (χ4v) is 1.28. The third-order valence-corrected chi connectivity index (χ3v) is 2.14. The minimum atomic E-state index is 0.820. The van der Waals surface area contributed by atoms with Crippen LogP contribution in [-0.2, 0) is 0 Å². The molecule has 0 amide bonds. The largest absolute Gasteiger partial charge is 0.494 e. The third-order valence-electron chi connectivity index (χ3n) is 2.14. The van der Waals surface area contributed by atoms with Crippen molar-refractivity contribution in [3.05, 3.63) is 24.3 Å². The van der Waals surface area contributed by atoms with Crippen LogP contribution in [0.25, 0.3) is 0 Å². The van der Waals surface area contributed by atoms with Gasteiger partial charge in [0.1, 0.15) is 5.75 Å². The summed E-state index contributed by atoms with van der Waals surface area (Å²) in [5.74, 6) is 0.952. The summed E-state index contributed by atoms with van der Waals surface area (Å²) in [5.41, 5.74) is 1.10. The predicted molar refractivity (Wildman–Crippen MR) is 61.0 cm³/mol. The van der Waals surface area contributed by atoms with E-state index in [1.54, 1.807) is 0 Å². The Labute approximate surface area is 86.3 Å². The van der Waals surface area contributed by atoms with Gasteiger partial charge in [0, 0.05) is 18.8 Å². The summed E-state index contributed by atoms with van der Waals surface area (Å²) < 4.78 is 5.61. The molecule has 0 aliphatic carbocycles. The molecular formula is C12H19NO. The van der Waals surface area contributed by atoms with Gasteiger partial charge in [-0.3, -0.25) is 0 Å². The Morgan fingerprint density at radius 1 is 1.29 bits per heavy atom. The van der Waals surface area contributed by atoms with Crippen LogP contribution < -0.4 is 10.1 Å². The molecule has 0 atom stereocenters. The first-order valence-electron chi connectivity index (χ1n) is 5.27. The number of ether oxygens (including phenoxy) is 1. The van der Waals surface area contributed by atoms with Crippen molar-refractivity contribution in [2.45, 2.75) is 26.2 Å². The van der Waals surface area contributed by atoms with Crippen LogP contribution in [0.4, 0.5) is 5.69 Å². The normalized spacial score (nSPS) is 9.86. The van der Waals surface area contributed by atoms with Crippen LogP contribution in [-0.4, -0.2) is 13.7 Å². The van der Waals surface area contributed by atoms with Gasteiger partial charge in [-0.05, 0) is 18.6 Å². The molecule has 0 saturated carbocycles. The van der Waals surface area contributed by atoms with Crippen molar-refractivity contribution in [2.75, 3.05) is 19.0 Å². The molecule has 1 N–H and O–H groups in total. The first-order chi connectivity index (χ1) is 6.86. The number of rotatable bonds is 6. The zero-order valence-electron chi connectivity index (χ0n) is 9.05. The molecule has 0 spiro atoms.